The molecule has 0 saturated carbocycles. The molecule has 1 fully saturated rings. The van der Waals surface area contributed by atoms with E-state index in [1.165, 1.54) is 12.0 Å². The van der Waals surface area contributed by atoms with Crippen molar-refractivity contribution >= 4 is 5.91 Å². The number of nitrogens with two attached hydrogens (primary N) is 1. The normalized spacial score (nSPS) is 26.9. The molecule has 0 aromatic heterocycles. The van der Waals surface area contributed by atoms with Crippen LogP contribution in [0.4, 0.5) is 13.2 Å². The number of halogens is 3. The van der Waals surface area contributed by atoms with E-state index in [0.29, 0.717) is 0 Å². The molecule has 1 heterocycles. The summed E-state index contributed by atoms with van der Waals surface area (Å²) in [5.41, 5.74) is 5.43. The van der Waals surface area contributed by atoms with Crippen LogP contribution in [0.3, 0.4) is 0 Å². The van der Waals surface area contributed by atoms with Gasteiger partial charge in [-0.2, -0.15) is 13.2 Å². The van der Waals surface area contributed by atoms with Gasteiger partial charge in [0.05, 0.1) is 5.92 Å². The van der Waals surface area contributed by atoms with E-state index < -0.39 is 18.1 Å². The molecule has 1 amide bonds. The van der Waals surface area contributed by atoms with Gasteiger partial charge in [0.2, 0.25) is 5.91 Å². The van der Waals surface area contributed by atoms with Gasteiger partial charge in [0.1, 0.15) is 6.61 Å². The van der Waals surface area contributed by atoms with Crippen molar-refractivity contribution in [2.45, 2.75) is 18.6 Å². The number of hydrogen-bond donors (Lipinski definition) is 1. The van der Waals surface area contributed by atoms with Crippen LogP contribution >= 0.6 is 0 Å². The van der Waals surface area contributed by atoms with Crippen molar-refractivity contribution in [3.63, 3.8) is 0 Å². The first kappa shape index (κ1) is 13.2. The number of hydrogen-bond acceptors (Lipinski definition) is 3. The second kappa shape index (κ2) is 5.01. The molecular weight excluding hydrogens is 225 g/mol. The highest BCUT2D eigenvalue weighted by Crippen LogP contribution is 2.33. The summed E-state index contributed by atoms with van der Waals surface area (Å²) in [4.78, 5) is 12.7. The predicted molar refractivity (Wildman–Crippen MR) is 50.6 cm³/mol. The van der Waals surface area contributed by atoms with Crippen molar-refractivity contribution in [2.75, 3.05) is 26.8 Å². The highest BCUT2D eigenvalue weighted by atomic mass is 19.4. The minimum absolute atomic E-state index is 0.0631. The molecule has 0 spiro atoms. The van der Waals surface area contributed by atoms with Gasteiger partial charge in [-0.25, -0.2) is 0 Å². The molecular formula is C9H15F3N2O2. The van der Waals surface area contributed by atoms with Crippen LogP contribution in [0.15, 0.2) is 0 Å². The average molecular weight is 240 g/mol. The average Bonchev–Trinajstić information content (AvgIpc) is 2.16. The third kappa shape index (κ3) is 3.08. The molecule has 0 radical (unpaired) electrons. The second-order valence-corrected chi connectivity index (χ2v) is 3.87. The molecule has 7 heteroatoms. The SMILES string of the molecule is COCC(=O)N1CCC(C(F)(F)F)C(N)C1. The first-order chi connectivity index (χ1) is 7.36. The van der Waals surface area contributed by atoms with Crippen LogP contribution in [0, 0.1) is 5.92 Å². The highest BCUT2D eigenvalue weighted by Gasteiger charge is 2.46. The zero-order valence-electron chi connectivity index (χ0n) is 8.96. The first-order valence-electron chi connectivity index (χ1n) is 4.95. The number of carbonyl (C=O) groups is 1. The van der Waals surface area contributed by atoms with Crippen LogP contribution in [-0.2, 0) is 9.53 Å². The summed E-state index contributed by atoms with van der Waals surface area (Å²) < 4.78 is 42.0. The van der Waals surface area contributed by atoms with E-state index in [2.05, 4.69) is 4.74 Å². The topological polar surface area (TPSA) is 55.6 Å². The first-order valence-corrected chi connectivity index (χ1v) is 4.95. The van der Waals surface area contributed by atoms with E-state index in [4.69, 9.17) is 5.73 Å². The van der Waals surface area contributed by atoms with Gasteiger partial charge >= 0.3 is 6.18 Å². The van der Waals surface area contributed by atoms with E-state index >= 15 is 0 Å². The van der Waals surface area contributed by atoms with E-state index in [1.54, 1.807) is 0 Å². The van der Waals surface area contributed by atoms with Gasteiger partial charge in [0.15, 0.2) is 0 Å². The Morgan fingerprint density at radius 1 is 1.56 bits per heavy atom. The van der Waals surface area contributed by atoms with Crippen LogP contribution in [0.2, 0.25) is 0 Å². The van der Waals surface area contributed by atoms with Crippen LogP contribution in [-0.4, -0.2) is 49.8 Å². The van der Waals surface area contributed by atoms with Crippen molar-refractivity contribution < 1.29 is 22.7 Å². The predicted octanol–water partition coefficient (Wildman–Crippen LogP) is 0.371. The molecule has 1 rings (SSSR count). The number of alkyl halides is 3. The lowest BCUT2D eigenvalue weighted by Gasteiger charge is -2.37. The third-order valence-electron chi connectivity index (χ3n) is 2.70. The maximum absolute atomic E-state index is 12.5. The quantitative estimate of drug-likeness (QED) is 0.758. The van der Waals surface area contributed by atoms with Crippen molar-refractivity contribution in [3.8, 4) is 0 Å². The lowest BCUT2D eigenvalue weighted by Crippen LogP contribution is -2.55. The molecule has 0 aromatic carbocycles. The Balaban J connectivity index is 2.55. The Morgan fingerprint density at radius 2 is 2.19 bits per heavy atom. The van der Waals surface area contributed by atoms with Gasteiger partial charge in [0.25, 0.3) is 0 Å². The summed E-state index contributed by atoms with van der Waals surface area (Å²) >= 11 is 0. The summed E-state index contributed by atoms with van der Waals surface area (Å²) in [5, 5.41) is 0. The van der Waals surface area contributed by atoms with Crippen LogP contribution in [0.1, 0.15) is 6.42 Å². The standard InChI is InChI=1S/C9H15F3N2O2/c1-16-5-8(15)14-3-2-6(7(13)4-14)9(10,11)12/h6-7H,2-5,13H2,1H3. The zero-order chi connectivity index (χ0) is 12.3. The van der Waals surface area contributed by atoms with Crippen molar-refractivity contribution in [1.29, 1.82) is 0 Å². The molecule has 0 aliphatic carbocycles. The minimum atomic E-state index is -4.28. The van der Waals surface area contributed by atoms with Gasteiger partial charge in [-0.05, 0) is 6.42 Å². The Labute approximate surface area is 91.5 Å². The molecule has 1 saturated heterocycles. The van der Waals surface area contributed by atoms with Crippen molar-refractivity contribution in [1.82, 2.24) is 4.90 Å². The molecule has 0 aromatic rings. The van der Waals surface area contributed by atoms with Gasteiger partial charge in [-0.1, -0.05) is 0 Å². The molecule has 94 valence electrons. The number of rotatable bonds is 2. The van der Waals surface area contributed by atoms with E-state index in [1.807, 2.05) is 0 Å². The Kier molecular flexibility index (Phi) is 4.15. The van der Waals surface area contributed by atoms with Crippen LogP contribution < -0.4 is 5.73 Å². The largest absolute Gasteiger partial charge is 0.393 e. The third-order valence-corrected chi connectivity index (χ3v) is 2.70. The number of methoxy groups -OCH3 is 1. The maximum atomic E-state index is 12.5. The molecule has 0 bridgehead atoms. The summed E-state index contributed by atoms with van der Waals surface area (Å²) in [6, 6.07) is -1.05. The number of piperidine rings is 1. The minimum Gasteiger partial charge on any atom is -0.375 e. The summed E-state index contributed by atoms with van der Waals surface area (Å²) in [7, 11) is 1.36. The van der Waals surface area contributed by atoms with Crippen LogP contribution in [0.25, 0.3) is 0 Å². The zero-order valence-corrected chi connectivity index (χ0v) is 8.96. The smallest absolute Gasteiger partial charge is 0.375 e. The van der Waals surface area contributed by atoms with Crippen LogP contribution in [0.5, 0.6) is 0 Å². The van der Waals surface area contributed by atoms with Crippen molar-refractivity contribution in [2.24, 2.45) is 11.7 Å². The van der Waals surface area contributed by atoms with Crippen molar-refractivity contribution in [3.05, 3.63) is 0 Å². The fourth-order valence-electron chi connectivity index (χ4n) is 1.83. The molecule has 16 heavy (non-hydrogen) atoms. The van der Waals surface area contributed by atoms with Gasteiger partial charge in [-0.15, -0.1) is 0 Å². The number of amides is 1. The highest BCUT2D eigenvalue weighted by molar-refractivity contribution is 5.77. The molecule has 2 unspecified atom stereocenters. The number of nitrogens with zero attached hydrogens (tertiary/aromatic N) is 1. The number of carbonyl (C=O) groups excluding carboxylic acids is 1. The Hall–Kier alpha value is -0.820. The summed E-state index contributed by atoms with van der Waals surface area (Å²) in [6.45, 7) is -0.101. The Morgan fingerprint density at radius 3 is 2.62 bits per heavy atom. The maximum Gasteiger partial charge on any atom is 0.393 e. The lowest BCUT2D eigenvalue weighted by molar-refractivity contribution is -0.191. The molecule has 4 nitrogen and oxygen atoms in total. The molecule has 2 N–H and O–H groups in total. The van der Waals surface area contributed by atoms with E-state index in [-0.39, 0.29) is 32.0 Å². The van der Waals surface area contributed by atoms with Gasteiger partial charge in [-0.3, -0.25) is 4.79 Å². The number of likely N-dealkylation sites (tertiary alicyclic amines) is 1. The fraction of sp³-hybridized carbons (Fsp3) is 0.889. The molecule has 1 aliphatic heterocycles. The Bertz CT molecular complexity index is 258. The molecule has 1 aliphatic rings. The lowest BCUT2D eigenvalue weighted by atomic mass is 9.91. The fourth-order valence-corrected chi connectivity index (χ4v) is 1.83. The summed E-state index contributed by atoms with van der Waals surface area (Å²) in [6.07, 6.45) is -4.42. The molecule has 2 atom stereocenters. The van der Waals surface area contributed by atoms with Gasteiger partial charge < -0.3 is 15.4 Å². The monoisotopic (exact) mass is 240 g/mol. The number of ether oxygens (including phenoxy) is 1. The summed E-state index contributed by atoms with van der Waals surface area (Å²) in [5.74, 6) is -1.84. The van der Waals surface area contributed by atoms with Gasteiger partial charge in [0, 0.05) is 26.2 Å². The second-order valence-electron chi connectivity index (χ2n) is 3.87. The van der Waals surface area contributed by atoms with E-state index in [9.17, 15) is 18.0 Å². The van der Waals surface area contributed by atoms with E-state index in [0.717, 1.165) is 0 Å².